The van der Waals surface area contributed by atoms with E-state index in [1.165, 1.54) is 6.07 Å². The number of aromatic nitrogens is 2. The molecule has 1 heterocycles. The fraction of sp³-hybridized carbons (Fsp3) is 0.118. The molecule has 0 amide bonds. The zero-order valence-corrected chi connectivity index (χ0v) is 13.0. The van der Waals surface area contributed by atoms with Crippen molar-refractivity contribution in [3.63, 3.8) is 0 Å². The van der Waals surface area contributed by atoms with Gasteiger partial charge in [0, 0.05) is 12.0 Å². The van der Waals surface area contributed by atoms with Crippen LogP contribution in [-0.4, -0.2) is 9.36 Å². The van der Waals surface area contributed by atoms with Crippen molar-refractivity contribution in [1.29, 1.82) is 5.26 Å². The van der Waals surface area contributed by atoms with Crippen molar-refractivity contribution in [1.82, 2.24) is 9.36 Å². The smallest absolute Gasteiger partial charge is 0.219 e. The van der Waals surface area contributed by atoms with Crippen LogP contribution in [0.5, 0.6) is 0 Å². The number of hydrogen-bond acceptors (Lipinski definition) is 4. The van der Waals surface area contributed by atoms with Crippen LogP contribution < -0.4 is 0 Å². The Labute approximate surface area is 140 Å². The molecule has 0 fully saturated rings. The summed E-state index contributed by atoms with van der Waals surface area (Å²) >= 11 is 1.14. The molecule has 0 spiro atoms. The molecular formula is C17H10F3N3S. The standard InChI is InChI=1S/C17H10F3N3S/c18-17(19,20)14-6-2-3-11(8-14)9-15-22-16(23-24-15)13-5-1-4-12(7-13)10-21/h1-8H,9H2. The van der Waals surface area contributed by atoms with E-state index < -0.39 is 11.7 Å². The second-order valence-corrected chi connectivity index (χ2v) is 5.92. The summed E-state index contributed by atoms with van der Waals surface area (Å²) in [6.45, 7) is 0. The van der Waals surface area contributed by atoms with Gasteiger partial charge in [-0.25, -0.2) is 4.98 Å². The zero-order valence-electron chi connectivity index (χ0n) is 12.2. The van der Waals surface area contributed by atoms with Crippen molar-refractivity contribution in [3.05, 3.63) is 70.2 Å². The number of alkyl halides is 3. The first-order chi connectivity index (χ1) is 11.5. The Morgan fingerprint density at radius 2 is 1.88 bits per heavy atom. The molecule has 0 radical (unpaired) electrons. The molecule has 0 N–H and O–H groups in total. The summed E-state index contributed by atoms with van der Waals surface area (Å²) in [4.78, 5) is 4.36. The Morgan fingerprint density at radius 1 is 1.08 bits per heavy atom. The third-order valence-corrected chi connectivity index (χ3v) is 4.04. The van der Waals surface area contributed by atoms with Gasteiger partial charge in [0.15, 0.2) is 5.82 Å². The summed E-state index contributed by atoms with van der Waals surface area (Å²) in [5, 5.41) is 9.54. The average Bonchev–Trinajstić information content (AvgIpc) is 3.03. The predicted molar refractivity (Wildman–Crippen MR) is 84.3 cm³/mol. The van der Waals surface area contributed by atoms with Gasteiger partial charge in [-0.3, -0.25) is 0 Å². The Bertz CT molecular complexity index is 910. The second-order valence-electron chi connectivity index (χ2n) is 5.08. The highest BCUT2D eigenvalue weighted by Crippen LogP contribution is 2.30. The number of hydrogen-bond donors (Lipinski definition) is 0. The van der Waals surface area contributed by atoms with Gasteiger partial charge < -0.3 is 0 Å². The highest BCUT2D eigenvalue weighted by molar-refractivity contribution is 7.05. The molecule has 0 saturated heterocycles. The van der Waals surface area contributed by atoms with Crippen molar-refractivity contribution >= 4 is 11.5 Å². The van der Waals surface area contributed by atoms with Crippen molar-refractivity contribution in [2.24, 2.45) is 0 Å². The Kier molecular flexibility index (Phi) is 4.32. The molecule has 1 aromatic heterocycles. The van der Waals surface area contributed by atoms with Crippen molar-refractivity contribution in [2.75, 3.05) is 0 Å². The van der Waals surface area contributed by atoms with Crippen LogP contribution >= 0.6 is 11.5 Å². The first kappa shape index (κ1) is 16.1. The van der Waals surface area contributed by atoms with Crippen LogP contribution in [-0.2, 0) is 12.6 Å². The highest BCUT2D eigenvalue weighted by Gasteiger charge is 2.30. The Balaban J connectivity index is 1.83. The average molecular weight is 345 g/mol. The fourth-order valence-electron chi connectivity index (χ4n) is 2.20. The normalized spacial score (nSPS) is 11.2. The van der Waals surface area contributed by atoms with E-state index in [0.717, 1.165) is 23.7 Å². The lowest BCUT2D eigenvalue weighted by Gasteiger charge is -2.07. The van der Waals surface area contributed by atoms with Gasteiger partial charge in [0.25, 0.3) is 0 Å². The van der Waals surface area contributed by atoms with Crippen LogP contribution in [0.15, 0.2) is 48.5 Å². The molecule has 3 rings (SSSR count). The molecule has 2 aromatic carbocycles. The summed E-state index contributed by atoms with van der Waals surface area (Å²) in [6, 6.07) is 14.1. The maximum Gasteiger partial charge on any atom is 0.416 e. The molecule has 0 saturated carbocycles. The summed E-state index contributed by atoms with van der Waals surface area (Å²) in [7, 11) is 0. The minimum Gasteiger partial charge on any atom is -0.219 e. The van der Waals surface area contributed by atoms with E-state index in [0.29, 0.717) is 27.5 Å². The Hall–Kier alpha value is -2.72. The lowest BCUT2D eigenvalue weighted by atomic mass is 10.1. The second kappa shape index (κ2) is 6.42. The minimum absolute atomic E-state index is 0.277. The largest absolute Gasteiger partial charge is 0.416 e. The van der Waals surface area contributed by atoms with Crippen LogP contribution in [0.2, 0.25) is 0 Å². The molecule has 3 nitrogen and oxygen atoms in total. The first-order valence-electron chi connectivity index (χ1n) is 6.95. The number of nitriles is 1. The molecule has 7 heteroatoms. The van der Waals surface area contributed by atoms with Crippen LogP contribution in [0.1, 0.15) is 21.7 Å². The number of rotatable bonds is 3. The van der Waals surface area contributed by atoms with Gasteiger partial charge in [-0.2, -0.15) is 22.8 Å². The minimum atomic E-state index is -4.36. The molecule has 0 aliphatic rings. The predicted octanol–water partition coefficient (Wildman–Crippen LogP) is 4.69. The van der Waals surface area contributed by atoms with Crippen LogP contribution in [0.25, 0.3) is 11.4 Å². The lowest BCUT2D eigenvalue weighted by Crippen LogP contribution is -2.05. The van der Waals surface area contributed by atoms with Crippen molar-refractivity contribution in [3.8, 4) is 17.5 Å². The van der Waals surface area contributed by atoms with Crippen LogP contribution in [0.4, 0.5) is 13.2 Å². The van der Waals surface area contributed by atoms with Crippen LogP contribution in [0.3, 0.4) is 0 Å². The molecule has 120 valence electrons. The van der Waals surface area contributed by atoms with Gasteiger partial charge in [-0.1, -0.05) is 30.3 Å². The van der Waals surface area contributed by atoms with E-state index in [9.17, 15) is 13.2 Å². The molecular weight excluding hydrogens is 335 g/mol. The summed E-state index contributed by atoms with van der Waals surface area (Å²) < 4.78 is 42.5. The fourth-order valence-corrected chi connectivity index (χ4v) is 2.90. The van der Waals surface area contributed by atoms with Gasteiger partial charge in [0.1, 0.15) is 5.01 Å². The maximum absolute atomic E-state index is 12.8. The monoisotopic (exact) mass is 345 g/mol. The third kappa shape index (κ3) is 3.60. The van der Waals surface area contributed by atoms with Crippen LogP contribution in [0, 0.1) is 11.3 Å². The summed E-state index contributed by atoms with van der Waals surface area (Å²) in [5.74, 6) is 0.471. The molecule has 0 unspecified atom stereocenters. The number of benzene rings is 2. The maximum atomic E-state index is 12.8. The van der Waals surface area contributed by atoms with Crippen molar-refractivity contribution < 1.29 is 13.2 Å². The SMILES string of the molecule is N#Cc1cccc(-c2nsc(Cc3cccc(C(F)(F)F)c3)n2)c1. The quantitative estimate of drug-likeness (QED) is 0.692. The van der Waals surface area contributed by atoms with Gasteiger partial charge in [-0.15, -0.1) is 0 Å². The number of halogens is 3. The van der Waals surface area contributed by atoms with Gasteiger partial charge in [0.2, 0.25) is 0 Å². The number of nitrogens with zero attached hydrogens (tertiary/aromatic N) is 3. The van der Waals surface area contributed by atoms with Crippen molar-refractivity contribution in [2.45, 2.75) is 12.6 Å². The van der Waals surface area contributed by atoms with E-state index in [1.807, 2.05) is 6.07 Å². The first-order valence-corrected chi connectivity index (χ1v) is 7.72. The Morgan fingerprint density at radius 3 is 2.62 bits per heavy atom. The van der Waals surface area contributed by atoms with E-state index in [4.69, 9.17) is 5.26 Å². The molecule has 0 aliphatic heterocycles. The highest BCUT2D eigenvalue weighted by atomic mass is 32.1. The lowest BCUT2D eigenvalue weighted by molar-refractivity contribution is -0.137. The van der Waals surface area contributed by atoms with E-state index in [-0.39, 0.29) is 6.42 Å². The van der Waals surface area contributed by atoms with E-state index in [1.54, 1.807) is 30.3 Å². The van der Waals surface area contributed by atoms with E-state index in [2.05, 4.69) is 9.36 Å². The van der Waals surface area contributed by atoms with Gasteiger partial charge in [-0.05, 0) is 35.3 Å². The molecule has 0 bridgehead atoms. The zero-order chi connectivity index (χ0) is 17.2. The molecule has 3 aromatic rings. The summed E-state index contributed by atoms with van der Waals surface area (Å²) in [5.41, 5.74) is 1.06. The van der Waals surface area contributed by atoms with E-state index >= 15 is 0 Å². The summed E-state index contributed by atoms with van der Waals surface area (Å²) in [6.07, 6.45) is -4.08. The molecule has 0 aliphatic carbocycles. The topological polar surface area (TPSA) is 49.6 Å². The van der Waals surface area contributed by atoms with Gasteiger partial charge >= 0.3 is 6.18 Å². The third-order valence-electron chi connectivity index (χ3n) is 3.33. The van der Waals surface area contributed by atoms with Gasteiger partial charge in [0.05, 0.1) is 17.2 Å². The molecule has 0 atom stereocenters. The molecule has 24 heavy (non-hydrogen) atoms.